The fourth-order valence-electron chi connectivity index (χ4n) is 1.68. The van der Waals surface area contributed by atoms with Crippen LogP contribution in [-0.4, -0.2) is 13.0 Å². The summed E-state index contributed by atoms with van der Waals surface area (Å²) >= 11 is 0. The molecule has 0 amide bonds. The van der Waals surface area contributed by atoms with Gasteiger partial charge in [0.05, 0.1) is 5.69 Å². The van der Waals surface area contributed by atoms with Crippen LogP contribution in [0.1, 0.15) is 5.56 Å². The standard InChI is InChI=1S/C13H14N4O3S/c1-8-2-4-12(13(6-8)21(18,19)20)17-16-11-5-3-9(14)7-10(11)15/h2-7H,14-15H2,1H3,(H,18,19,20)/b17-16+. The lowest BCUT2D eigenvalue weighted by Gasteiger charge is -2.04. The molecule has 7 nitrogen and oxygen atoms in total. The van der Waals surface area contributed by atoms with Crippen molar-refractivity contribution in [1.82, 2.24) is 0 Å². The molecule has 2 rings (SSSR count). The summed E-state index contributed by atoms with van der Waals surface area (Å²) in [5.41, 5.74) is 13.2. The number of anilines is 2. The highest BCUT2D eigenvalue weighted by Gasteiger charge is 2.15. The number of hydrogen-bond donors (Lipinski definition) is 3. The van der Waals surface area contributed by atoms with E-state index in [1.54, 1.807) is 25.1 Å². The van der Waals surface area contributed by atoms with Crippen LogP contribution in [-0.2, 0) is 10.1 Å². The Hall–Kier alpha value is -2.45. The summed E-state index contributed by atoms with van der Waals surface area (Å²) in [4.78, 5) is -0.305. The van der Waals surface area contributed by atoms with Crippen molar-refractivity contribution in [2.45, 2.75) is 11.8 Å². The van der Waals surface area contributed by atoms with E-state index in [1.807, 2.05) is 0 Å². The highest BCUT2D eigenvalue weighted by atomic mass is 32.2. The first kappa shape index (κ1) is 14.9. The second kappa shape index (κ2) is 5.51. The van der Waals surface area contributed by atoms with Gasteiger partial charge in [-0.15, -0.1) is 10.2 Å². The van der Waals surface area contributed by atoms with Gasteiger partial charge in [0, 0.05) is 5.69 Å². The van der Waals surface area contributed by atoms with Crippen molar-refractivity contribution in [3.05, 3.63) is 42.0 Å². The maximum Gasteiger partial charge on any atom is 0.296 e. The lowest BCUT2D eigenvalue weighted by Crippen LogP contribution is -1.98. The van der Waals surface area contributed by atoms with Crippen LogP contribution in [0.15, 0.2) is 51.5 Å². The summed E-state index contributed by atoms with van der Waals surface area (Å²) in [7, 11) is -4.38. The van der Waals surface area contributed by atoms with Gasteiger partial charge in [-0.1, -0.05) is 6.07 Å². The van der Waals surface area contributed by atoms with E-state index in [0.29, 0.717) is 22.6 Å². The SMILES string of the molecule is Cc1ccc(/N=N/c2ccc(N)cc2N)c(S(=O)(=O)O)c1. The third-order valence-corrected chi connectivity index (χ3v) is 3.59. The molecular formula is C13H14N4O3S. The first-order valence-corrected chi connectivity index (χ1v) is 7.36. The normalized spacial score (nSPS) is 11.9. The molecule has 2 aromatic rings. The van der Waals surface area contributed by atoms with Gasteiger partial charge in [-0.05, 0) is 42.8 Å². The summed E-state index contributed by atoms with van der Waals surface area (Å²) < 4.78 is 31.9. The Morgan fingerprint density at radius 3 is 2.24 bits per heavy atom. The minimum absolute atomic E-state index is 0.0272. The van der Waals surface area contributed by atoms with Crippen molar-refractivity contribution < 1.29 is 13.0 Å². The van der Waals surface area contributed by atoms with Gasteiger partial charge in [0.2, 0.25) is 0 Å². The molecule has 0 fully saturated rings. The van der Waals surface area contributed by atoms with Crippen LogP contribution in [0.5, 0.6) is 0 Å². The number of nitrogen functional groups attached to an aromatic ring is 2. The highest BCUT2D eigenvalue weighted by Crippen LogP contribution is 2.30. The number of nitrogens with zero attached hydrogens (tertiary/aromatic N) is 2. The molecule has 5 N–H and O–H groups in total. The summed E-state index contributed by atoms with van der Waals surface area (Å²) in [5, 5.41) is 7.73. The van der Waals surface area contributed by atoms with Crippen LogP contribution >= 0.6 is 0 Å². The number of azo groups is 1. The molecule has 0 aliphatic heterocycles. The minimum Gasteiger partial charge on any atom is -0.399 e. The fraction of sp³-hybridized carbons (Fsp3) is 0.0769. The zero-order chi connectivity index (χ0) is 15.6. The number of rotatable bonds is 3. The molecule has 0 heterocycles. The van der Waals surface area contributed by atoms with Crippen molar-refractivity contribution >= 4 is 32.9 Å². The van der Waals surface area contributed by atoms with E-state index in [-0.39, 0.29) is 10.6 Å². The first-order chi connectivity index (χ1) is 9.77. The van der Waals surface area contributed by atoms with Crippen molar-refractivity contribution in [3.8, 4) is 0 Å². The summed E-state index contributed by atoms with van der Waals surface area (Å²) in [5.74, 6) is 0. The van der Waals surface area contributed by atoms with E-state index >= 15 is 0 Å². The molecule has 0 atom stereocenters. The van der Waals surface area contributed by atoms with Gasteiger partial charge in [0.1, 0.15) is 16.3 Å². The summed E-state index contributed by atoms with van der Waals surface area (Å²) in [6, 6.07) is 9.12. The predicted molar refractivity (Wildman–Crippen MR) is 80.4 cm³/mol. The largest absolute Gasteiger partial charge is 0.399 e. The van der Waals surface area contributed by atoms with Gasteiger partial charge in [0.15, 0.2) is 0 Å². The third kappa shape index (κ3) is 3.56. The average molecular weight is 306 g/mol. The van der Waals surface area contributed by atoms with Crippen molar-refractivity contribution in [2.75, 3.05) is 11.5 Å². The van der Waals surface area contributed by atoms with Crippen LogP contribution in [0.3, 0.4) is 0 Å². The monoisotopic (exact) mass is 306 g/mol. The van der Waals surface area contributed by atoms with Gasteiger partial charge >= 0.3 is 0 Å². The molecule has 0 radical (unpaired) electrons. The van der Waals surface area contributed by atoms with Crippen molar-refractivity contribution in [3.63, 3.8) is 0 Å². The molecular weight excluding hydrogens is 292 g/mol. The van der Waals surface area contributed by atoms with Crippen LogP contribution in [0, 0.1) is 6.92 Å². The maximum atomic E-state index is 11.3. The van der Waals surface area contributed by atoms with Gasteiger partial charge in [-0.3, -0.25) is 4.55 Å². The van der Waals surface area contributed by atoms with E-state index in [0.717, 1.165) is 0 Å². The Morgan fingerprint density at radius 1 is 1.00 bits per heavy atom. The van der Waals surface area contributed by atoms with Gasteiger partial charge in [0.25, 0.3) is 10.1 Å². The zero-order valence-electron chi connectivity index (χ0n) is 11.2. The van der Waals surface area contributed by atoms with Crippen molar-refractivity contribution in [1.29, 1.82) is 0 Å². The molecule has 21 heavy (non-hydrogen) atoms. The lowest BCUT2D eigenvalue weighted by molar-refractivity contribution is 0.483. The van der Waals surface area contributed by atoms with Gasteiger partial charge in [-0.25, -0.2) is 0 Å². The second-order valence-electron chi connectivity index (χ2n) is 4.46. The lowest BCUT2D eigenvalue weighted by atomic mass is 10.2. The molecule has 0 aliphatic carbocycles. The second-order valence-corrected chi connectivity index (χ2v) is 5.85. The van der Waals surface area contributed by atoms with E-state index < -0.39 is 10.1 Å². The first-order valence-electron chi connectivity index (χ1n) is 5.92. The average Bonchev–Trinajstić information content (AvgIpc) is 2.38. The minimum atomic E-state index is -4.38. The smallest absolute Gasteiger partial charge is 0.296 e. The third-order valence-electron chi connectivity index (χ3n) is 2.71. The molecule has 0 spiro atoms. The zero-order valence-corrected chi connectivity index (χ0v) is 12.0. The van der Waals surface area contributed by atoms with Crippen LogP contribution in [0.2, 0.25) is 0 Å². The Kier molecular flexibility index (Phi) is 3.92. The fourth-order valence-corrected chi connectivity index (χ4v) is 2.39. The Morgan fingerprint density at radius 2 is 1.62 bits per heavy atom. The van der Waals surface area contributed by atoms with Crippen molar-refractivity contribution in [2.24, 2.45) is 10.2 Å². The maximum absolute atomic E-state index is 11.3. The van der Waals surface area contributed by atoms with E-state index in [2.05, 4.69) is 10.2 Å². The molecule has 2 aromatic carbocycles. The molecule has 0 unspecified atom stereocenters. The molecule has 110 valence electrons. The summed E-state index contributed by atoms with van der Waals surface area (Å²) in [6.45, 7) is 1.70. The topological polar surface area (TPSA) is 131 Å². The molecule has 0 saturated heterocycles. The Labute approximate surface area is 122 Å². The quantitative estimate of drug-likeness (QED) is 0.456. The van der Waals surface area contributed by atoms with Crippen LogP contribution < -0.4 is 11.5 Å². The van der Waals surface area contributed by atoms with E-state index in [4.69, 9.17) is 11.5 Å². The molecule has 0 aliphatic rings. The summed E-state index contributed by atoms with van der Waals surface area (Å²) in [6.07, 6.45) is 0. The number of nitrogens with two attached hydrogens (primary N) is 2. The highest BCUT2D eigenvalue weighted by molar-refractivity contribution is 7.86. The van der Waals surface area contributed by atoms with Gasteiger partial charge < -0.3 is 11.5 Å². The number of benzene rings is 2. The van der Waals surface area contributed by atoms with E-state index in [1.165, 1.54) is 18.2 Å². The number of aryl methyl sites for hydroxylation is 1. The van der Waals surface area contributed by atoms with Gasteiger partial charge in [-0.2, -0.15) is 8.42 Å². The Bertz CT molecular complexity index is 816. The molecule has 0 saturated carbocycles. The Balaban J connectivity index is 2.46. The molecule has 0 bridgehead atoms. The van der Waals surface area contributed by atoms with Crippen LogP contribution in [0.4, 0.5) is 22.7 Å². The number of hydrogen-bond acceptors (Lipinski definition) is 6. The predicted octanol–water partition coefficient (Wildman–Crippen LogP) is 2.82. The van der Waals surface area contributed by atoms with E-state index in [9.17, 15) is 13.0 Å². The molecule has 8 heteroatoms. The molecule has 0 aromatic heterocycles. The van der Waals surface area contributed by atoms with Crippen LogP contribution in [0.25, 0.3) is 0 Å².